The molecule has 0 radical (unpaired) electrons. The SMILES string of the molecule is Fc1ccc(CCc2cc3c4c(ccc3s2)-c2c-4ccc3sc(CCc4ccc(F)cc4)cc23)cc1. The zero-order valence-corrected chi connectivity index (χ0v) is 21.1. The van der Waals surface area contributed by atoms with Gasteiger partial charge in [0, 0.05) is 29.9 Å². The van der Waals surface area contributed by atoms with Crippen molar-refractivity contribution < 1.29 is 8.78 Å². The summed E-state index contributed by atoms with van der Waals surface area (Å²) in [4.78, 5) is 2.74. The molecule has 0 amide bonds. The van der Waals surface area contributed by atoms with Crippen LogP contribution in [0.1, 0.15) is 20.9 Å². The van der Waals surface area contributed by atoms with E-state index < -0.39 is 0 Å². The standard InChI is InChI=1S/C32H22F2S2/c33-21-7-1-19(2-8-21)5-11-23-17-27-29(35-23)15-13-25-31(27)26-14-16-30-28(32(25)26)18-24(36-30)12-6-20-3-9-22(34)10-4-20/h1-4,7-10,13-18H,5-6,11-12H2. The minimum absolute atomic E-state index is 0.182. The summed E-state index contributed by atoms with van der Waals surface area (Å²) in [6.07, 6.45) is 3.77. The van der Waals surface area contributed by atoms with Crippen molar-refractivity contribution in [3.8, 4) is 22.3 Å². The smallest absolute Gasteiger partial charge is 0.123 e. The summed E-state index contributed by atoms with van der Waals surface area (Å²) < 4.78 is 29.1. The van der Waals surface area contributed by atoms with Crippen LogP contribution in [-0.2, 0) is 25.7 Å². The molecule has 0 N–H and O–H groups in total. The highest BCUT2D eigenvalue weighted by Crippen LogP contribution is 2.55. The number of benzene rings is 4. The van der Waals surface area contributed by atoms with Crippen LogP contribution in [-0.4, -0.2) is 0 Å². The van der Waals surface area contributed by atoms with Crippen molar-refractivity contribution in [3.05, 3.63) is 117 Å². The lowest BCUT2D eigenvalue weighted by Gasteiger charge is -2.25. The van der Waals surface area contributed by atoms with Crippen molar-refractivity contribution >= 4 is 42.8 Å². The van der Waals surface area contributed by atoms with Crippen LogP contribution in [0.5, 0.6) is 0 Å². The zero-order valence-electron chi connectivity index (χ0n) is 19.5. The number of thiophene rings is 2. The third-order valence-electron chi connectivity index (χ3n) is 7.19. The van der Waals surface area contributed by atoms with E-state index in [0.29, 0.717) is 0 Å². The van der Waals surface area contributed by atoms with Crippen LogP contribution in [0.25, 0.3) is 42.4 Å². The lowest BCUT2D eigenvalue weighted by atomic mass is 9.77. The molecule has 0 nitrogen and oxygen atoms in total. The fourth-order valence-corrected chi connectivity index (χ4v) is 7.49. The molecule has 0 saturated carbocycles. The zero-order chi connectivity index (χ0) is 24.2. The normalized spacial score (nSPS) is 12.1. The number of rotatable bonds is 6. The van der Waals surface area contributed by atoms with E-state index in [-0.39, 0.29) is 11.6 Å². The molecule has 4 aromatic carbocycles. The molecule has 176 valence electrons. The van der Waals surface area contributed by atoms with Gasteiger partial charge in [-0.2, -0.15) is 0 Å². The van der Waals surface area contributed by atoms with Crippen LogP contribution in [0.15, 0.2) is 84.9 Å². The summed E-state index contributed by atoms with van der Waals surface area (Å²) in [5, 5.41) is 2.70. The third-order valence-corrected chi connectivity index (χ3v) is 9.51. The molecule has 0 bridgehead atoms. The van der Waals surface area contributed by atoms with E-state index in [9.17, 15) is 8.78 Å². The maximum absolute atomic E-state index is 13.2. The van der Waals surface area contributed by atoms with Crippen LogP contribution < -0.4 is 0 Å². The summed E-state index contributed by atoms with van der Waals surface area (Å²) >= 11 is 3.74. The maximum Gasteiger partial charge on any atom is 0.123 e. The largest absolute Gasteiger partial charge is 0.207 e. The van der Waals surface area contributed by atoms with Crippen LogP contribution in [0.4, 0.5) is 8.78 Å². The van der Waals surface area contributed by atoms with Crippen molar-refractivity contribution in [2.24, 2.45) is 0 Å². The minimum Gasteiger partial charge on any atom is -0.207 e. The van der Waals surface area contributed by atoms with E-state index in [1.807, 2.05) is 46.9 Å². The Morgan fingerprint density at radius 1 is 0.472 bits per heavy atom. The molecule has 7 rings (SSSR count). The van der Waals surface area contributed by atoms with Gasteiger partial charge < -0.3 is 0 Å². The lowest BCUT2D eigenvalue weighted by Crippen LogP contribution is -1.99. The minimum atomic E-state index is -0.182. The third kappa shape index (κ3) is 3.76. The first-order chi connectivity index (χ1) is 17.6. The second-order valence-corrected chi connectivity index (χ2v) is 11.8. The highest BCUT2D eigenvalue weighted by molar-refractivity contribution is 7.19. The van der Waals surface area contributed by atoms with Gasteiger partial charge in [0.2, 0.25) is 0 Å². The van der Waals surface area contributed by atoms with Gasteiger partial charge in [0.25, 0.3) is 0 Å². The van der Waals surface area contributed by atoms with Gasteiger partial charge in [0.05, 0.1) is 0 Å². The number of halogens is 2. The quantitative estimate of drug-likeness (QED) is 0.210. The predicted octanol–water partition coefficient (Wildman–Crippen LogP) is 9.61. The van der Waals surface area contributed by atoms with E-state index in [1.54, 1.807) is 24.3 Å². The molecule has 0 aliphatic heterocycles. The van der Waals surface area contributed by atoms with Gasteiger partial charge in [-0.1, -0.05) is 36.4 Å². The van der Waals surface area contributed by atoms with Crippen LogP contribution in [0.3, 0.4) is 0 Å². The Labute approximate surface area is 216 Å². The predicted molar refractivity (Wildman–Crippen MR) is 149 cm³/mol. The van der Waals surface area contributed by atoms with E-state index in [0.717, 1.165) is 25.7 Å². The Morgan fingerprint density at radius 2 is 0.889 bits per heavy atom. The van der Waals surface area contributed by atoms with E-state index in [1.165, 1.54) is 63.3 Å². The molecule has 1 aliphatic rings. The molecular weight excluding hydrogens is 486 g/mol. The molecule has 0 saturated heterocycles. The first-order valence-electron chi connectivity index (χ1n) is 12.2. The van der Waals surface area contributed by atoms with Gasteiger partial charge in [-0.15, -0.1) is 22.7 Å². The Bertz CT molecular complexity index is 1590. The van der Waals surface area contributed by atoms with Gasteiger partial charge in [0.1, 0.15) is 11.6 Å². The number of aryl methyl sites for hydroxylation is 4. The number of hydrogen-bond donors (Lipinski definition) is 0. The maximum atomic E-state index is 13.2. The molecule has 1 aliphatic carbocycles. The fraction of sp³-hybridized carbons (Fsp3) is 0.125. The highest BCUT2D eigenvalue weighted by atomic mass is 32.1. The summed E-state index contributed by atoms with van der Waals surface area (Å²) in [5.41, 5.74) is 7.81. The summed E-state index contributed by atoms with van der Waals surface area (Å²) in [6.45, 7) is 0. The Morgan fingerprint density at radius 3 is 1.31 bits per heavy atom. The van der Waals surface area contributed by atoms with Gasteiger partial charge in [-0.05, 0) is 108 Å². The molecule has 0 spiro atoms. The lowest BCUT2D eigenvalue weighted by molar-refractivity contribution is 0.626. The Hall–Kier alpha value is -3.34. The first kappa shape index (κ1) is 21.9. The average Bonchev–Trinajstić information content (AvgIpc) is 3.47. The van der Waals surface area contributed by atoms with Crippen molar-refractivity contribution in [1.82, 2.24) is 0 Å². The topological polar surface area (TPSA) is 0 Å². The first-order valence-corrected chi connectivity index (χ1v) is 13.9. The van der Waals surface area contributed by atoms with Gasteiger partial charge in [-0.3, -0.25) is 0 Å². The molecule has 2 heterocycles. The molecule has 4 heteroatoms. The van der Waals surface area contributed by atoms with Gasteiger partial charge in [0.15, 0.2) is 0 Å². The highest BCUT2D eigenvalue weighted by Gasteiger charge is 2.28. The van der Waals surface area contributed by atoms with Gasteiger partial charge >= 0.3 is 0 Å². The summed E-state index contributed by atoms with van der Waals surface area (Å²) in [7, 11) is 0. The molecule has 0 atom stereocenters. The van der Waals surface area contributed by atoms with E-state index >= 15 is 0 Å². The van der Waals surface area contributed by atoms with E-state index in [4.69, 9.17) is 0 Å². The van der Waals surface area contributed by atoms with Crippen molar-refractivity contribution in [3.63, 3.8) is 0 Å². The van der Waals surface area contributed by atoms with Crippen LogP contribution >= 0.6 is 22.7 Å². The molecular formula is C32H22F2S2. The van der Waals surface area contributed by atoms with Crippen LogP contribution in [0, 0.1) is 11.6 Å². The van der Waals surface area contributed by atoms with Crippen molar-refractivity contribution in [2.45, 2.75) is 25.7 Å². The molecule has 36 heavy (non-hydrogen) atoms. The molecule has 0 unspecified atom stereocenters. The Balaban J connectivity index is 1.16. The van der Waals surface area contributed by atoms with Gasteiger partial charge in [-0.25, -0.2) is 8.78 Å². The number of hydrogen-bond acceptors (Lipinski definition) is 2. The molecule has 0 fully saturated rings. The Kier molecular flexibility index (Phi) is 5.26. The van der Waals surface area contributed by atoms with Crippen molar-refractivity contribution in [2.75, 3.05) is 0 Å². The molecule has 2 aromatic heterocycles. The van der Waals surface area contributed by atoms with E-state index in [2.05, 4.69) is 36.4 Å². The second-order valence-electron chi connectivity index (χ2n) is 9.48. The van der Waals surface area contributed by atoms with Crippen LogP contribution in [0.2, 0.25) is 0 Å². The molecule has 6 aromatic rings. The second kappa shape index (κ2) is 8.65. The monoisotopic (exact) mass is 508 g/mol. The van der Waals surface area contributed by atoms with Crippen molar-refractivity contribution in [1.29, 1.82) is 0 Å². The summed E-state index contributed by atoms with van der Waals surface area (Å²) in [6, 6.07) is 27.5. The number of fused-ring (bicyclic) bond motifs is 8. The average molecular weight is 509 g/mol. The summed E-state index contributed by atoms with van der Waals surface area (Å²) in [5.74, 6) is -0.364. The fourth-order valence-electron chi connectivity index (χ4n) is 5.35.